The summed E-state index contributed by atoms with van der Waals surface area (Å²) in [7, 11) is -3.57. The van der Waals surface area contributed by atoms with Gasteiger partial charge in [0.2, 0.25) is 10.0 Å². The van der Waals surface area contributed by atoms with E-state index in [0.29, 0.717) is 11.7 Å². The van der Waals surface area contributed by atoms with Crippen LogP contribution in [0.1, 0.15) is 38.7 Å². The molecule has 2 aliphatic carbocycles. The molecule has 27 heavy (non-hydrogen) atoms. The molecule has 2 aliphatic heterocycles. The summed E-state index contributed by atoms with van der Waals surface area (Å²) in [5.74, 6) is 0.824. The number of carbonyl (C=O) groups is 1. The third-order valence-corrected chi connectivity index (χ3v) is 10.6. The van der Waals surface area contributed by atoms with E-state index in [1.807, 2.05) is 30.3 Å². The summed E-state index contributed by atoms with van der Waals surface area (Å²) < 4.78 is 27.4. The van der Waals surface area contributed by atoms with Crippen molar-refractivity contribution < 1.29 is 13.2 Å². The molecule has 0 unspecified atom stereocenters. The Balaban J connectivity index is 1.47. The number of carbonyl (C=O) groups excluding carboxylic acids is 1. The van der Waals surface area contributed by atoms with E-state index in [1.165, 1.54) is 16.1 Å². The highest BCUT2D eigenvalue weighted by Crippen LogP contribution is 2.70. The zero-order chi connectivity index (χ0) is 19.0. The van der Waals surface area contributed by atoms with Crippen molar-refractivity contribution in [3.05, 3.63) is 35.9 Å². The molecule has 1 aromatic rings. The van der Waals surface area contributed by atoms with E-state index < -0.39 is 16.1 Å². The summed E-state index contributed by atoms with van der Waals surface area (Å²) in [6, 6.07) is 9.00. The molecule has 144 valence electrons. The number of sulfonamides is 1. The van der Waals surface area contributed by atoms with Crippen LogP contribution in [0.15, 0.2) is 35.3 Å². The van der Waals surface area contributed by atoms with Crippen LogP contribution in [-0.4, -0.2) is 47.3 Å². The van der Waals surface area contributed by atoms with Gasteiger partial charge in [-0.25, -0.2) is 12.7 Å². The molecule has 4 aliphatic rings. The van der Waals surface area contributed by atoms with Crippen molar-refractivity contribution in [1.29, 1.82) is 0 Å². The van der Waals surface area contributed by atoms with E-state index in [4.69, 9.17) is 0 Å². The highest BCUT2D eigenvalue weighted by molar-refractivity contribution is 8.14. The number of fused-ring (bicyclic) bond motifs is 1. The molecular weight excluding hydrogens is 380 g/mol. The maximum absolute atomic E-state index is 13.3. The fourth-order valence-corrected chi connectivity index (χ4v) is 9.57. The van der Waals surface area contributed by atoms with Gasteiger partial charge in [0.05, 0.1) is 16.8 Å². The second-order valence-electron chi connectivity index (χ2n) is 8.88. The normalized spacial score (nSPS) is 38.1. The molecule has 0 N–H and O–H groups in total. The summed E-state index contributed by atoms with van der Waals surface area (Å²) in [6.45, 7) is 4.40. The molecule has 1 spiro atoms. The van der Waals surface area contributed by atoms with Gasteiger partial charge in [-0.1, -0.05) is 44.2 Å². The van der Waals surface area contributed by atoms with E-state index in [1.54, 1.807) is 0 Å². The predicted molar refractivity (Wildman–Crippen MR) is 107 cm³/mol. The molecule has 1 aromatic carbocycles. The van der Waals surface area contributed by atoms with E-state index >= 15 is 0 Å². The first kappa shape index (κ1) is 17.7. The van der Waals surface area contributed by atoms with Crippen LogP contribution in [0.4, 0.5) is 0 Å². The SMILES string of the molecule is CC1(C)[C@@H]2CC[C@]13CS(=O)(=O)N(C(=O)[C@@H]1CSC(c4ccccc4)=N1)[C@@H]3C2. The molecule has 4 atom stereocenters. The topological polar surface area (TPSA) is 66.8 Å². The average Bonchev–Trinajstić information content (AvgIpc) is 3.31. The van der Waals surface area contributed by atoms with Crippen LogP contribution >= 0.6 is 11.8 Å². The summed E-state index contributed by atoms with van der Waals surface area (Å²) >= 11 is 1.54. The highest BCUT2D eigenvalue weighted by Gasteiger charge is 2.72. The summed E-state index contributed by atoms with van der Waals surface area (Å²) in [4.78, 5) is 17.9. The minimum atomic E-state index is -3.57. The fourth-order valence-electron chi connectivity index (χ4n) is 5.96. The lowest BCUT2D eigenvalue weighted by molar-refractivity contribution is -0.129. The van der Waals surface area contributed by atoms with Crippen molar-refractivity contribution in [3.63, 3.8) is 0 Å². The van der Waals surface area contributed by atoms with E-state index in [0.717, 1.165) is 29.9 Å². The molecular formula is C20H24N2O3S2. The van der Waals surface area contributed by atoms with Gasteiger partial charge in [-0.15, -0.1) is 11.8 Å². The molecule has 2 heterocycles. The minimum absolute atomic E-state index is 0.0251. The second-order valence-corrected chi connectivity index (χ2v) is 11.7. The van der Waals surface area contributed by atoms with Crippen LogP contribution in [0.5, 0.6) is 0 Å². The number of benzene rings is 1. The zero-order valence-electron chi connectivity index (χ0n) is 15.6. The molecule has 2 bridgehead atoms. The van der Waals surface area contributed by atoms with Crippen molar-refractivity contribution in [2.45, 2.75) is 45.2 Å². The number of rotatable bonds is 2. The number of hydrogen-bond acceptors (Lipinski definition) is 5. The van der Waals surface area contributed by atoms with Crippen LogP contribution in [0.2, 0.25) is 0 Å². The Kier molecular flexibility index (Phi) is 3.68. The van der Waals surface area contributed by atoms with Gasteiger partial charge in [0.15, 0.2) is 0 Å². The Bertz CT molecular complexity index is 941. The molecule has 5 nitrogen and oxygen atoms in total. The summed E-state index contributed by atoms with van der Waals surface area (Å²) in [5, 5.41) is 0.827. The molecule has 7 heteroatoms. The minimum Gasteiger partial charge on any atom is -0.271 e. The molecule has 5 rings (SSSR count). The Morgan fingerprint density at radius 1 is 1.26 bits per heavy atom. The van der Waals surface area contributed by atoms with Gasteiger partial charge >= 0.3 is 0 Å². The smallest absolute Gasteiger partial charge is 0.262 e. The maximum Gasteiger partial charge on any atom is 0.262 e. The zero-order valence-corrected chi connectivity index (χ0v) is 17.2. The summed E-state index contributed by atoms with van der Waals surface area (Å²) in [5.41, 5.74) is 0.687. The van der Waals surface area contributed by atoms with Crippen LogP contribution < -0.4 is 0 Å². The van der Waals surface area contributed by atoms with Crippen molar-refractivity contribution >= 4 is 32.7 Å². The van der Waals surface area contributed by atoms with Crippen LogP contribution in [0.3, 0.4) is 0 Å². The van der Waals surface area contributed by atoms with Crippen molar-refractivity contribution in [1.82, 2.24) is 4.31 Å². The first-order valence-corrected chi connectivity index (χ1v) is 12.2. The standard InChI is InChI=1S/C20H24N2O3S2/c1-19(2)14-8-9-20(19)12-27(24,25)22(16(20)10-14)18(23)15-11-26-17(21-15)13-6-4-3-5-7-13/h3-7,14-16H,8-12H2,1-2H3/t14-,15+,16-,20-/m1/s1. The number of amides is 1. The van der Waals surface area contributed by atoms with Gasteiger partial charge in [-0.3, -0.25) is 9.79 Å². The van der Waals surface area contributed by atoms with E-state index in [2.05, 4.69) is 18.8 Å². The second kappa shape index (κ2) is 5.60. The van der Waals surface area contributed by atoms with Gasteiger partial charge in [0.1, 0.15) is 6.04 Å². The molecule has 0 radical (unpaired) electrons. The Morgan fingerprint density at radius 2 is 2.00 bits per heavy atom. The van der Waals surface area contributed by atoms with Crippen LogP contribution in [0, 0.1) is 16.7 Å². The van der Waals surface area contributed by atoms with Crippen molar-refractivity contribution in [3.8, 4) is 0 Å². The molecule has 1 saturated heterocycles. The molecule has 3 fully saturated rings. The third kappa shape index (κ3) is 2.27. The molecule has 0 aromatic heterocycles. The first-order chi connectivity index (χ1) is 12.8. The lowest BCUT2D eigenvalue weighted by Gasteiger charge is -2.37. The summed E-state index contributed by atoms with van der Waals surface area (Å²) in [6.07, 6.45) is 2.81. The van der Waals surface area contributed by atoms with Gasteiger partial charge in [-0.2, -0.15) is 0 Å². The number of nitrogens with zero attached hydrogens (tertiary/aromatic N) is 2. The van der Waals surface area contributed by atoms with Gasteiger partial charge in [0, 0.05) is 16.7 Å². The van der Waals surface area contributed by atoms with Crippen LogP contribution in [-0.2, 0) is 14.8 Å². The lowest BCUT2D eigenvalue weighted by atomic mass is 9.69. The van der Waals surface area contributed by atoms with Crippen LogP contribution in [0.25, 0.3) is 0 Å². The number of aliphatic imine (C=N–C) groups is 1. The Hall–Kier alpha value is -1.34. The largest absolute Gasteiger partial charge is 0.271 e. The van der Waals surface area contributed by atoms with Crippen molar-refractivity contribution in [2.75, 3.05) is 11.5 Å². The Labute approximate surface area is 164 Å². The first-order valence-electron chi connectivity index (χ1n) is 9.58. The quantitative estimate of drug-likeness (QED) is 0.760. The molecule has 2 saturated carbocycles. The number of thioether (sulfide) groups is 1. The van der Waals surface area contributed by atoms with E-state index in [-0.39, 0.29) is 28.5 Å². The third-order valence-electron chi connectivity index (χ3n) is 7.59. The number of hydrogen-bond donors (Lipinski definition) is 0. The average molecular weight is 405 g/mol. The van der Waals surface area contributed by atoms with Gasteiger partial charge < -0.3 is 0 Å². The van der Waals surface area contributed by atoms with E-state index in [9.17, 15) is 13.2 Å². The fraction of sp³-hybridized carbons (Fsp3) is 0.600. The van der Waals surface area contributed by atoms with Gasteiger partial charge in [0.25, 0.3) is 5.91 Å². The predicted octanol–water partition coefficient (Wildman–Crippen LogP) is 2.92. The Morgan fingerprint density at radius 3 is 2.70 bits per heavy atom. The lowest BCUT2D eigenvalue weighted by Crippen LogP contribution is -2.47. The van der Waals surface area contributed by atoms with Gasteiger partial charge in [-0.05, 0) is 30.6 Å². The van der Waals surface area contributed by atoms with Crippen molar-refractivity contribution in [2.24, 2.45) is 21.7 Å². The highest BCUT2D eigenvalue weighted by atomic mass is 32.2. The molecule has 1 amide bonds. The monoisotopic (exact) mass is 404 g/mol. The maximum atomic E-state index is 13.3.